The number of furan rings is 1. The molecule has 7 heteroatoms. The van der Waals surface area contributed by atoms with Gasteiger partial charge in [0.05, 0.1) is 39.6 Å². The zero-order chi connectivity index (χ0) is 19.1. The van der Waals surface area contributed by atoms with Crippen LogP contribution < -0.4 is 15.0 Å². The highest BCUT2D eigenvalue weighted by molar-refractivity contribution is 5.91. The fraction of sp³-hybridized carbons (Fsp3) is 0.400. The highest BCUT2D eigenvalue weighted by atomic mass is 16.5. The van der Waals surface area contributed by atoms with E-state index in [1.165, 1.54) is 11.2 Å². The van der Waals surface area contributed by atoms with Crippen molar-refractivity contribution in [1.29, 1.82) is 0 Å². The molecule has 2 amide bonds. The summed E-state index contributed by atoms with van der Waals surface area (Å²) in [6.45, 7) is 3.77. The minimum Gasteiger partial charge on any atom is -0.496 e. The van der Waals surface area contributed by atoms with Gasteiger partial charge >= 0.3 is 0 Å². The molecule has 144 valence electrons. The molecule has 0 aliphatic carbocycles. The van der Waals surface area contributed by atoms with E-state index in [2.05, 4.69) is 5.32 Å². The Kier molecular flexibility index (Phi) is 6.49. The third kappa shape index (κ3) is 5.10. The van der Waals surface area contributed by atoms with E-state index in [-0.39, 0.29) is 11.8 Å². The summed E-state index contributed by atoms with van der Waals surface area (Å²) in [6, 6.07) is 11.2. The molecule has 7 nitrogen and oxygen atoms in total. The number of rotatable bonds is 7. The van der Waals surface area contributed by atoms with E-state index in [1.807, 2.05) is 24.3 Å². The van der Waals surface area contributed by atoms with E-state index in [4.69, 9.17) is 9.15 Å². The fourth-order valence-corrected chi connectivity index (χ4v) is 3.29. The number of piperazine rings is 1. The van der Waals surface area contributed by atoms with Crippen LogP contribution in [0.15, 0.2) is 47.1 Å². The van der Waals surface area contributed by atoms with Gasteiger partial charge in [0.15, 0.2) is 12.3 Å². The zero-order valence-electron chi connectivity index (χ0n) is 15.6. The molecule has 0 spiro atoms. The SMILES string of the molecule is COc1ccccc1CCNC(=O)C[NH+]1CCN(C(=O)c2ccco2)CC1. The Balaban J connectivity index is 1.37. The van der Waals surface area contributed by atoms with Crippen LogP contribution in [0.4, 0.5) is 0 Å². The van der Waals surface area contributed by atoms with Crippen molar-refractivity contribution in [3.05, 3.63) is 54.0 Å². The summed E-state index contributed by atoms with van der Waals surface area (Å²) in [7, 11) is 1.65. The van der Waals surface area contributed by atoms with E-state index >= 15 is 0 Å². The van der Waals surface area contributed by atoms with Gasteiger partial charge in [0.2, 0.25) is 0 Å². The number of nitrogens with one attached hydrogen (secondary N) is 2. The summed E-state index contributed by atoms with van der Waals surface area (Å²) in [5.41, 5.74) is 1.08. The molecule has 1 aliphatic heterocycles. The lowest BCUT2D eigenvalue weighted by atomic mass is 10.1. The number of methoxy groups -OCH3 is 1. The Bertz CT molecular complexity index is 752. The normalized spacial score (nSPS) is 14.8. The van der Waals surface area contributed by atoms with Gasteiger partial charge in [-0.1, -0.05) is 18.2 Å². The molecule has 1 saturated heterocycles. The van der Waals surface area contributed by atoms with E-state index < -0.39 is 0 Å². The Labute approximate surface area is 158 Å². The third-order valence-corrected chi connectivity index (χ3v) is 4.81. The van der Waals surface area contributed by atoms with Gasteiger partial charge in [0.1, 0.15) is 5.75 Å². The Morgan fingerprint density at radius 3 is 2.67 bits per heavy atom. The Hall–Kier alpha value is -2.80. The van der Waals surface area contributed by atoms with Gasteiger partial charge in [0.25, 0.3) is 11.8 Å². The molecule has 0 unspecified atom stereocenters. The zero-order valence-corrected chi connectivity index (χ0v) is 15.6. The first-order valence-electron chi connectivity index (χ1n) is 9.22. The van der Waals surface area contributed by atoms with Crippen LogP contribution in [0.3, 0.4) is 0 Å². The van der Waals surface area contributed by atoms with Crippen LogP contribution in [0.1, 0.15) is 16.1 Å². The molecule has 1 aromatic carbocycles. The summed E-state index contributed by atoms with van der Waals surface area (Å²) in [4.78, 5) is 27.4. The van der Waals surface area contributed by atoms with Crippen LogP contribution in [-0.4, -0.2) is 63.1 Å². The lowest BCUT2D eigenvalue weighted by molar-refractivity contribution is -0.896. The predicted octanol–water partition coefficient (Wildman–Crippen LogP) is -0.0122. The van der Waals surface area contributed by atoms with Gasteiger partial charge in [0, 0.05) is 6.54 Å². The minimum absolute atomic E-state index is 0.0331. The Morgan fingerprint density at radius 1 is 1.19 bits per heavy atom. The van der Waals surface area contributed by atoms with Crippen molar-refractivity contribution in [2.45, 2.75) is 6.42 Å². The average molecular weight is 372 g/mol. The second kappa shape index (κ2) is 9.23. The van der Waals surface area contributed by atoms with Crippen molar-refractivity contribution in [3.63, 3.8) is 0 Å². The molecule has 0 bridgehead atoms. The monoisotopic (exact) mass is 372 g/mol. The van der Waals surface area contributed by atoms with Crippen molar-refractivity contribution < 1.29 is 23.6 Å². The number of ether oxygens (including phenoxy) is 1. The second-order valence-corrected chi connectivity index (χ2v) is 6.61. The summed E-state index contributed by atoms with van der Waals surface area (Å²) >= 11 is 0. The first kappa shape index (κ1) is 19.0. The smallest absolute Gasteiger partial charge is 0.289 e. The highest BCUT2D eigenvalue weighted by Gasteiger charge is 2.26. The van der Waals surface area contributed by atoms with Crippen molar-refractivity contribution in [1.82, 2.24) is 10.2 Å². The number of benzene rings is 1. The summed E-state index contributed by atoms with van der Waals surface area (Å²) in [5, 5.41) is 2.98. The number of hydrogen-bond acceptors (Lipinski definition) is 4. The summed E-state index contributed by atoms with van der Waals surface area (Å²) in [6.07, 6.45) is 2.24. The lowest BCUT2D eigenvalue weighted by Crippen LogP contribution is -3.15. The molecule has 3 rings (SSSR count). The maximum atomic E-state index is 12.3. The van der Waals surface area contributed by atoms with Gasteiger partial charge in [-0.2, -0.15) is 0 Å². The molecule has 1 fully saturated rings. The van der Waals surface area contributed by atoms with Gasteiger partial charge < -0.3 is 24.3 Å². The molecule has 27 heavy (non-hydrogen) atoms. The van der Waals surface area contributed by atoms with E-state index in [9.17, 15) is 9.59 Å². The van der Waals surface area contributed by atoms with Crippen LogP contribution in [0, 0.1) is 0 Å². The number of amides is 2. The quantitative estimate of drug-likeness (QED) is 0.717. The minimum atomic E-state index is -0.0830. The molecule has 2 N–H and O–H groups in total. The number of carbonyl (C=O) groups is 2. The van der Waals surface area contributed by atoms with Crippen molar-refractivity contribution >= 4 is 11.8 Å². The molecule has 1 aromatic heterocycles. The fourth-order valence-electron chi connectivity index (χ4n) is 3.29. The van der Waals surface area contributed by atoms with Crippen LogP contribution in [-0.2, 0) is 11.2 Å². The second-order valence-electron chi connectivity index (χ2n) is 6.61. The van der Waals surface area contributed by atoms with E-state index in [0.29, 0.717) is 31.9 Å². The molecule has 0 radical (unpaired) electrons. The van der Waals surface area contributed by atoms with E-state index in [1.54, 1.807) is 24.1 Å². The van der Waals surface area contributed by atoms with Crippen LogP contribution in [0.25, 0.3) is 0 Å². The molecule has 1 aliphatic rings. The molecular weight excluding hydrogens is 346 g/mol. The van der Waals surface area contributed by atoms with Crippen LogP contribution in [0.2, 0.25) is 0 Å². The average Bonchev–Trinajstić information content (AvgIpc) is 3.23. The number of carbonyl (C=O) groups excluding carboxylic acids is 2. The number of nitrogens with zero attached hydrogens (tertiary/aromatic N) is 1. The molecule has 2 heterocycles. The molecule has 0 saturated carbocycles. The maximum Gasteiger partial charge on any atom is 0.289 e. The van der Waals surface area contributed by atoms with Crippen molar-refractivity contribution in [3.8, 4) is 5.75 Å². The van der Waals surface area contributed by atoms with Crippen LogP contribution in [0.5, 0.6) is 5.75 Å². The predicted molar refractivity (Wildman–Crippen MR) is 99.9 cm³/mol. The summed E-state index contributed by atoms with van der Waals surface area (Å²) in [5.74, 6) is 1.16. The topological polar surface area (TPSA) is 76.2 Å². The van der Waals surface area contributed by atoms with Crippen LogP contribution >= 0.6 is 0 Å². The molecule has 2 aromatic rings. The third-order valence-electron chi connectivity index (χ3n) is 4.81. The first-order valence-corrected chi connectivity index (χ1v) is 9.22. The standard InChI is InChI=1S/C20H25N3O4/c1-26-17-6-3-2-5-16(17)8-9-21-19(24)15-22-10-12-23(13-11-22)20(25)18-7-4-14-27-18/h2-7,14H,8-13,15H2,1H3,(H,21,24)/p+1. The summed E-state index contributed by atoms with van der Waals surface area (Å²) < 4.78 is 10.5. The van der Waals surface area contributed by atoms with Crippen molar-refractivity contribution in [2.75, 3.05) is 46.4 Å². The van der Waals surface area contributed by atoms with E-state index in [0.717, 1.165) is 30.8 Å². The van der Waals surface area contributed by atoms with Gasteiger partial charge in [-0.05, 0) is 30.2 Å². The molecule has 0 atom stereocenters. The number of para-hydroxylation sites is 1. The van der Waals surface area contributed by atoms with Gasteiger partial charge in [-0.3, -0.25) is 9.59 Å². The van der Waals surface area contributed by atoms with Gasteiger partial charge in [-0.25, -0.2) is 0 Å². The van der Waals surface area contributed by atoms with Crippen molar-refractivity contribution in [2.24, 2.45) is 0 Å². The largest absolute Gasteiger partial charge is 0.496 e. The van der Waals surface area contributed by atoms with Gasteiger partial charge in [-0.15, -0.1) is 0 Å². The highest BCUT2D eigenvalue weighted by Crippen LogP contribution is 2.17. The number of hydrogen-bond donors (Lipinski definition) is 2. The molecular formula is C20H26N3O4+. The lowest BCUT2D eigenvalue weighted by Gasteiger charge is -2.31. The Morgan fingerprint density at radius 2 is 1.96 bits per heavy atom. The maximum absolute atomic E-state index is 12.3. The first-order chi connectivity index (χ1) is 13.2. The number of quaternary nitrogens is 1.